The van der Waals surface area contributed by atoms with Crippen molar-refractivity contribution in [2.24, 2.45) is 0 Å². The number of anilines is 1. The second kappa shape index (κ2) is 5.19. The molecule has 0 radical (unpaired) electrons. The highest BCUT2D eigenvalue weighted by molar-refractivity contribution is 9.10. The zero-order valence-electron chi connectivity index (χ0n) is 9.90. The molecule has 18 heavy (non-hydrogen) atoms. The first kappa shape index (κ1) is 13.2. The minimum Gasteiger partial charge on any atom is -0.367 e. The summed E-state index contributed by atoms with van der Waals surface area (Å²) in [7, 11) is 2.01. The first-order valence-electron chi connectivity index (χ1n) is 5.56. The van der Waals surface area contributed by atoms with E-state index in [4.69, 9.17) is 0 Å². The quantitative estimate of drug-likeness (QED) is 0.620. The summed E-state index contributed by atoms with van der Waals surface area (Å²) >= 11 is 3.11. The highest BCUT2D eigenvalue weighted by atomic mass is 79.9. The minimum atomic E-state index is -0.596. The van der Waals surface area contributed by atoms with Gasteiger partial charge in [0.1, 0.15) is 0 Å². The fourth-order valence-electron chi connectivity index (χ4n) is 1.96. The Kier molecular flexibility index (Phi) is 3.82. The van der Waals surface area contributed by atoms with Crippen LogP contribution in [-0.2, 0) is 0 Å². The Hall–Kier alpha value is -1.21. The molecule has 0 N–H and O–H groups in total. The Balaban J connectivity index is 2.29. The van der Waals surface area contributed by atoms with E-state index < -0.39 is 10.7 Å². The van der Waals surface area contributed by atoms with E-state index >= 15 is 0 Å². The third kappa shape index (κ3) is 2.62. The summed E-state index contributed by atoms with van der Waals surface area (Å²) < 4.78 is 14.2. The molecule has 1 aliphatic rings. The van der Waals surface area contributed by atoms with Crippen molar-refractivity contribution in [2.75, 3.05) is 38.1 Å². The van der Waals surface area contributed by atoms with Crippen LogP contribution in [0.1, 0.15) is 0 Å². The molecule has 1 aliphatic heterocycles. The smallest absolute Gasteiger partial charge is 0.286 e. The van der Waals surface area contributed by atoms with Gasteiger partial charge in [-0.25, -0.2) is 4.39 Å². The molecule has 1 fully saturated rings. The van der Waals surface area contributed by atoms with Crippen LogP contribution in [-0.4, -0.2) is 43.0 Å². The molecule has 98 valence electrons. The SMILES string of the molecule is CN1CCN(c2cc(Br)c([N+](=O)[O-])cc2F)CC1. The van der Waals surface area contributed by atoms with Crippen molar-refractivity contribution in [3.05, 3.63) is 32.5 Å². The van der Waals surface area contributed by atoms with Gasteiger partial charge in [0.2, 0.25) is 0 Å². The maximum absolute atomic E-state index is 13.9. The largest absolute Gasteiger partial charge is 0.367 e. The average Bonchev–Trinajstić information content (AvgIpc) is 2.32. The van der Waals surface area contributed by atoms with Crippen LogP contribution in [0.25, 0.3) is 0 Å². The Morgan fingerprint density at radius 2 is 1.94 bits per heavy atom. The number of benzene rings is 1. The average molecular weight is 318 g/mol. The summed E-state index contributed by atoms with van der Waals surface area (Å²) in [5.41, 5.74) is 0.172. The summed E-state index contributed by atoms with van der Waals surface area (Å²) in [6.45, 7) is 3.15. The maximum atomic E-state index is 13.9. The lowest BCUT2D eigenvalue weighted by molar-refractivity contribution is -0.385. The van der Waals surface area contributed by atoms with Crippen molar-refractivity contribution in [3.63, 3.8) is 0 Å². The van der Waals surface area contributed by atoms with Gasteiger partial charge in [-0.3, -0.25) is 10.1 Å². The fourth-order valence-corrected chi connectivity index (χ4v) is 2.43. The van der Waals surface area contributed by atoms with E-state index in [0.29, 0.717) is 10.2 Å². The number of nitrogens with zero attached hydrogens (tertiary/aromatic N) is 3. The number of piperazine rings is 1. The van der Waals surface area contributed by atoms with Gasteiger partial charge in [-0.1, -0.05) is 0 Å². The predicted molar refractivity (Wildman–Crippen MR) is 70.5 cm³/mol. The van der Waals surface area contributed by atoms with Gasteiger partial charge in [0.05, 0.1) is 21.1 Å². The highest BCUT2D eigenvalue weighted by Gasteiger charge is 2.22. The molecule has 0 aliphatic carbocycles. The van der Waals surface area contributed by atoms with Gasteiger partial charge in [-0.15, -0.1) is 0 Å². The van der Waals surface area contributed by atoms with Gasteiger partial charge in [0.25, 0.3) is 5.69 Å². The van der Waals surface area contributed by atoms with Gasteiger partial charge >= 0.3 is 0 Å². The second-order valence-electron chi connectivity index (χ2n) is 4.30. The van der Waals surface area contributed by atoms with Crippen molar-refractivity contribution >= 4 is 27.3 Å². The molecule has 0 spiro atoms. The van der Waals surface area contributed by atoms with Gasteiger partial charge in [-0.05, 0) is 29.0 Å². The van der Waals surface area contributed by atoms with E-state index in [-0.39, 0.29) is 5.69 Å². The Morgan fingerprint density at radius 1 is 1.33 bits per heavy atom. The van der Waals surface area contributed by atoms with Gasteiger partial charge in [-0.2, -0.15) is 0 Å². The Labute approximate surface area is 112 Å². The lowest BCUT2D eigenvalue weighted by atomic mass is 10.2. The summed E-state index contributed by atoms with van der Waals surface area (Å²) in [5, 5.41) is 10.7. The third-order valence-corrected chi connectivity index (χ3v) is 3.69. The van der Waals surface area contributed by atoms with Crippen LogP contribution >= 0.6 is 15.9 Å². The molecule has 5 nitrogen and oxygen atoms in total. The number of likely N-dealkylation sites (N-methyl/N-ethyl adjacent to an activating group) is 1. The molecule has 0 amide bonds. The highest BCUT2D eigenvalue weighted by Crippen LogP contribution is 2.32. The van der Waals surface area contributed by atoms with Crippen molar-refractivity contribution in [3.8, 4) is 0 Å². The van der Waals surface area contributed by atoms with Crippen molar-refractivity contribution in [2.45, 2.75) is 0 Å². The molecular weight excluding hydrogens is 305 g/mol. The van der Waals surface area contributed by atoms with Crippen LogP contribution in [0.4, 0.5) is 15.8 Å². The first-order chi connectivity index (χ1) is 8.49. The molecule has 0 aromatic heterocycles. The van der Waals surface area contributed by atoms with Crippen molar-refractivity contribution < 1.29 is 9.31 Å². The van der Waals surface area contributed by atoms with Crippen LogP contribution in [0.15, 0.2) is 16.6 Å². The molecule has 1 heterocycles. The number of hydrogen-bond acceptors (Lipinski definition) is 4. The third-order valence-electron chi connectivity index (χ3n) is 3.06. The number of nitro groups is 1. The molecular formula is C11H13BrFN3O2. The second-order valence-corrected chi connectivity index (χ2v) is 5.16. The maximum Gasteiger partial charge on any atom is 0.286 e. The topological polar surface area (TPSA) is 49.6 Å². The number of halogens is 2. The standard InChI is InChI=1S/C11H13BrFN3O2/c1-14-2-4-15(5-3-14)11-6-8(12)10(16(17)18)7-9(11)13/h6-7H,2-5H2,1H3. The van der Waals surface area contributed by atoms with Gasteiger partial charge in [0, 0.05) is 26.2 Å². The van der Waals surface area contributed by atoms with E-state index in [1.165, 1.54) is 6.07 Å². The number of nitro benzene ring substituents is 1. The van der Waals surface area contributed by atoms with Gasteiger partial charge in [0.15, 0.2) is 5.82 Å². The van der Waals surface area contributed by atoms with Crippen LogP contribution in [0.2, 0.25) is 0 Å². The van der Waals surface area contributed by atoms with Crippen LogP contribution < -0.4 is 4.90 Å². The summed E-state index contributed by atoms with van der Waals surface area (Å²) in [6.07, 6.45) is 0. The molecule has 0 atom stereocenters. The molecule has 0 saturated carbocycles. The molecule has 1 aromatic rings. The minimum absolute atomic E-state index is 0.245. The summed E-state index contributed by atoms with van der Waals surface area (Å²) in [5.74, 6) is -0.547. The van der Waals surface area contributed by atoms with Crippen molar-refractivity contribution in [1.29, 1.82) is 0 Å². The van der Waals surface area contributed by atoms with Gasteiger partial charge < -0.3 is 9.80 Å². The van der Waals surface area contributed by atoms with E-state index in [9.17, 15) is 14.5 Å². The lowest BCUT2D eigenvalue weighted by Gasteiger charge is -2.34. The van der Waals surface area contributed by atoms with E-state index in [0.717, 1.165) is 32.2 Å². The van der Waals surface area contributed by atoms with Crippen molar-refractivity contribution in [1.82, 2.24) is 4.90 Å². The molecule has 2 rings (SSSR count). The predicted octanol–water partition coefficient (Wildman–Crippen LogP) is 2.25. The normalized spacial score (nSPS) is 16.9. The Bertz CT molecular complexity index is 476. The zero-order valence-corrected chi connectivity index (χ0v) is 11.5. The molecule has 1 aromatic carbocycles. The van der Waals surface area contributed by atoms with Crippen LogP contribution in [0.5, 0.6) is 0 Å². The Morgan fingerprint density at radius 3 is 2.50 bits per heavy atom. The lowest BCUT2D eigenvalue weighted by Crippen LogP contribution is -2.44. The fraction of sp³-hybridized carbons (Fsp3) is 0.455. The number of hydrogen-bond donors (Lipinski definition) is 0. The van der Waals surface area contributed by atoms with E-state index in [2.05, 4.69) is 20.8 Å². The molecule has 0 bridgehead atoms. The molecule has 7 heteroatoms. The van der Waals surface area contributed by atoms with Crippen LogP contribution in [0, 0.1) is 15.9 Å². The zero-order chi connectivity index (χ0) is 13.3. The van der Waals surface area contributed by atoms with Crippen LogP contribution in [0.3, 0.4) is 0 Å². The summed E-state index contributed by atoms with van der Waals surface area (Å²) in [6, 6.07) is 2.45. The van der Waals surface area contributed by atoms with E-state index in [1.54, 1.807) is 0 Å². The number of rotatable bonds is 2. The molecule has 1 saturated heterocycles. The summed E-state index contributed by atoms with van der Waals surface area (Å²) in [4.78, 5) is 14.2. The molecule has 0 unspecified atom stereocenters. The van der Waals surface area contributed by atoms with E-state index in [1.807, 2.05) is 11.9 Å². The first-order valence-corrected chi connectivity index (χ1v) is 6.35. The monoisotopic (exact) mass is 317 g/mol.